The van der Waals surface area contributed by atoms with Crippen molar-refractivity contribution in [2.24, 2.45) is 0 Å². The second-order valence-electron chi connectivity index (χ2n) is 4.82. The Balaban J connectivity index is 2.02. The Hall–Kier alpha value is -1.96. The van der Waals surface area contributed by atoms with Crippen LogP contribution in [0.1, 0.15) is 23.2 Å². The SMILES string of the molecule is N#Cc1cc2c(nc1Oc1cc(Cl)c(Cl)cc1N)CCC2. The van der Waals surface area contributed by atoms with Crippen molar-refractivity contribution in [2.75, 3.05) is 5.73 Å². The normalized spacial score (nSPS) is 12.8. The van der Waals surface area contributed by atoms with Crippen molar-refractivity contribution in [3.05, 3.63) is 45.1 Å². The molecule has 106 valence electrons. The van der Waals surface area contributed by atoms with Gasteiger partial charge in [-0.2, -0.15) is 5.26 Å². The molecule has 1 heterocycles. The molecular formula is C15H11Cl2N3O. The molecule has 1 aromatic heterocycles. The van der Waals surface area contributed by atoms with Crippen molar-refractivity contribution in [3.63, 3.8) is 0 Å². The second kappa shape index (κ2) is 5.44. The third kappa shape index (κ3) is 2.63. The zero-order valence-electron chi connectivity index (χ0n) is 11.0. The van der Waals surface area contributed by atoms with Crippen LogP contribution in [0, 0.1) is 11.3 Å². The van der Waals surface area contributed by atoms with Gasteiger partial charge in [0.1, 0.15) is 11.6 Å². The Morgan fingerprint density at radius 1 is 1.19 bits per heavy atom. The van der Waals surface area contributed by atoms with Crippen LogP contribution in [0.5, 0.6) is 11.6 Å². The van der Waals surface area contributed by atoms with E-state index in [4.69, 9.17) is 33.7 Å². The summed E-state index contributed by atoms with van der Waals surface area (Å²) in [6.07, 6.45) is 2.89. The van der Waals surface area contributed by atoms with Crippen LogP contribution in [0.2, 0.25) is 10.0 Å². The largest absolute Gasteiger partial charge is 0.435 e. The smallest absolute Gasteiger partial charge is 0.237 e. The number of anilines is 1. The van der Waals surface area contributed by atoms with E-state index in [9.17, 15) is 5.26 Å². The lowest BCUT2D eigenvalue weighted by Gasteiger charge is -2.11. The topological polar surface area (TPSA) is 71.9 Å². The molecule has 0 saturated heterocycles. The summed E-state index contributed by atoms with van der Waals surface area (Å²) in [6, 6.07) is 6.97. The van der Waals surface area contributed by atoms with E-state index < -0.39 is 0 Å². The molecule has 3 rings (SSSR count). The number of hydrogen-bond acceptors (Lipinski definition) is 4. The molecule has 0 aliphatic heterocycles. The highest BCUT2D eigenvalue weighted by atomic mass is 35.5. The molecule has 0 spiro atoms. The lowest BCUT2D eigenvalue weighted by Crippen LogP contribution is -1.99. The summed E-state index contributed by atoms with van der Waals surface area (Å²) in [5, 5.41) is 9.93. The summed E-state index contributed by atoms with van der Waals surface area (Å²) in [4.78, 5) is 4.44. The van der Waals surface area contributed by atoms with Gasteiger partial charge in [0, 0.05) is 11.8 Å². The molecule has 1 aromatic carbocycles. The van der Waals surface area contributed by atoms with E-state index in [1.165, 1.54) is 12.1 Å². The van der Waals surface area contributed by atoms with Crippen LogP contribution >= 0.6 is 23.2 Å². The third-order valence-electron chi connectivity index (χ3n) is 3.40. The molecule has 21 heavy (non-hydrogen) atoms. The summed E-state index contributed by atoms with van der Waals surface area (Å²) in [5.41, 5.74) is 8.68. The number of benzene rings is 1. The first-order valence-corrected chi connectivity index (χ1v) is 7.19. The van der Waals surface area contributed by atoms with Gasteiger partial charge in [-0.15, -0.1) is 0 Å². The van der Waals surface area contributed by atoms with Gasteiger partial charge in [-0.3, -0.25) is 0 Å². The van der Waals surface area contributed by atoms with Crippen LogP contribution in [0.3, 0.4) is 0 Å². The number of rotatable bonds is 2. The van der Waals surface area contributed by atoms with Gasteiger partial charge in [0.25, 0.3) is 0 Å². The van der Waals surface area contributed by atoms with Gasteiger partial charge in [0.05, 0.1) is 15.7 Å². The van der Waals surface area contributed by atoms with E-state index in [1.54, 1.807) is 0 Å². The molecule has 1 aliphatic rings. The molecule has 0 fully saturated rings. The maximum atomic E-state index is 9.25. The first kappa shape index (κ1) is 14.0. The maximum absolute atomic E-state index is 9.25. The Bertz CT molecular complexity index is 768. The van der Waals surface area contributed by atoms with Crippen LogP contribution in [-0.4, -0.2) is 4.98 Å². The summed E-state index contributed by atoms with van der Waals surface area (Å²) in [7, 11) is 0. The van der Waals surface area contributed by atoms with Crippen LogP contribution in [-0.2, 0) is 12.8 Å². The predicted octanol–water partition coefficient (Wildman–Crippen LogP) is 4.12. The lowest BCUT2D eigenvalue weighted by atomic mass is 10.1. The number of nitrogens with two attached hydrogens (primary N) is 1. The summed E-state index contributed by atoms with van der Waals surface area (Å²) in [5.74, 6) is 0.592. The molecule has 6 heteroatoms. The highest BCUT2D eigenvalue weighted by molar-refractivity contribution is 6.42. The molecule has 0 unspecified atom stereocenters. The van der Waals surface area contributed by atoms with E-state index in [0.717, 1.165) is 30.5 Å². The number of ether oxygens (including phenoxy) is 1. The highest BCUT2D eigenvalue weighted by Crippen LogP contribution is 2.36. The minimum atomic E-state index is 0.253. The van der Waals surface area contributed by atoms with Crippen LogP contribution < -0.4 is 10.5 Å². The number of nitrogen functional groups attached to an aromatic ring is 1. The van der Waals surface area contributed by atoms with E-state index in [1.807, 2.05) is 6.07 Å². The molecule has 0 atom stereocenters. The summed E-state index contributed by atoms with van der Waals surface area (Å²) >= 11 is 11.9. The number of hydrogen-bond donors (Lipinski definition) is 1. The fourth-order valence-electron chi connectivity index (χ4n) is 2.35. The van der Waals surface area contributed by atoms with Crippen molar-refractivity contribution in [1.29, 1.82) is 5.26 Å². The first-order valence-electron chi connectivity index (χ1n) is 6.43. The van der Waals surface area contributed by atoms with Crippen LogP contribution in [0.15, 0.2) is 18.2 Å². The van der Waals surface area contributed by atoms with E-state index in [-0.39, 0.29) is 5.88 Å². The molecule has 0 radical (unpaired) electrons. The molecule has 1 aliphatic carbocycles. The van der Waals surface area contributed by atoms with Gasteiger partial charge in [0.2, 0.25) is 5.88 Å². The monoisotopic (exact) mass is 319 g/mol. The molecule has 0 amide bonds. The minimum absolute atomic E-state index is 0.253. The van der Waals surface area contributed by atoms with Crippen molar-refractivity contribution in [1.82, 2.24) is 4.98 Å². The molecule has 0 bridgehead atoms. The Morgan fingerprint density at radius 2 is 1.95 bits per heavy atom. The van der Waals surface area contributed by atoms with Gasteiger partial charge in [-0.25, -0.2) is 4.98 Å². The lowest BCUT2D eigenvalue weighted by molar-refractivity contribution is 0.461. The molecule has 2 aromatic rings. The van der Waals surface area contributed by atoms with Gasteiger partial charge in [-0.1, -0.05) is 23.2 Å². The minimum Gasteiger partial charge on any atom is -0.435 e. The summed E-state index contributed by atoms with van der Waals surface area (Å²) < 4.78 is 5.69. The van der Waals surface area contributed by atoms with Crippen LogP contribution in [0.25, 0.3) is 0 Å². The number of nitrogens with zero attached hydrogens (tertiary/aromatic N) is 2. The third-order valence-corrected chi connectivity index (χ3v) is 4.12. The molecular weight excluding hydrogens is 309 g/mol. The van der Waals surface area contributed by atoms with Gasteiger partial charge >= 0.3 is 0 Å². The Labute approximate surface area is 132 Å². The quantitative estimate of drug-likeness (QED) is 0.845. The molecule has 4 nitrogen and oxygen atoms in total. The summed E-state index contributed by atoms with van der Waals surface area (Å²) in [6.45, 7) is 0. The molecule has 0 saturated carbocycles. The number of nitriles is 1. The maximum Gasteiger partial charge on any atom is 0.237 e. The van der Waals surface area contributed by atoms with E-state index in [2.05, 4.69) is 11.1 Å². The Kier molecular flexibility index (Phi) is 3.62. The van der Waals surface area contributed by atoms with Crippen molar-refractivity contribution < 1.29 is 4.74 Å². The van der Waals surface area contributed by atoms with Crippen LogP contribution in [0.4, 0.5) is 5.69 Å². The van der Waals surface area contributed by atoms with Crippen molar-refractivity contribution >= 4 is 28.9 Å². The highest BCUT2D eigenvalue weighted by Gasteiger charge is 2.18. The number of aryl methyl sites for hydroxylation is 2. The van der Waals surface area contributed by atoms with Gasteiger partial charge in [0.15, 0.2) is 5.75 Å². The predicted molar refractivity (Wildman–Crippen MR) is 81.9 cm³/mol. The number of halogens is 2. The average molecular weight is 320 g/mol. The fraction of sp³-hybridized carbons (Fsp3) is 0.200. The number of fused-ring (bicyclic) bond motifs is 1. The number of pyridine rings is 1. The zero-order chi connectivity index (χ0) is 15.0. The second-order valence-corrected chi connectivity index (χ2v) is 5.63. The zero-order valence-corrected chi connectivity index (χ0v) is 12.5. The molecule has 2 N–H and O–H groups in total. The van der Waals surface area contributed by atoms with E-state index >= 15 is 0 Å². The van der Waals surface area contributed by atoms with Gasteiger partial charge in [-0.05, 0) is 37.0 Å². The average Bonchev–Trinajstić information content (AvgIpc) is 2.91. The fourth-order valence-corrected chi connectivity index (χ4v) is 2.67. The van der Waals surface area contributed by atoms with Crippen molar-refractivity contribution in [2.45, 2.75) is 19.3 Å². The van der Waals surface area contributed by atoms with E-state index in [0.29, 0.717) is 27.0 Å². The van der Waals surface area contributed by atoms with Gasteiger partial charge < -0.3 is 10.5 Å². The standard InChI is InChI=1S/C15H11Cl2N3O/c16-10-5-12(19)14(6-11(10)17)21-15-9(7-18)4-8-2-1-3-13(8)20-15/h4-6H,1-3,19H2. The van der Waals surface area contributed by atoms with Crippen molar-refractivity contribution in [3.8, 4) is 17.7 Å². The number of aromatic nitrogens is 1. The Morgan fingerprint density at radius 3 is 2.71 bits per heavy atom. The first-order chi connectivity index (χ1) is 10.1.